The number of H-pyrrole nitrogens is 1. The van der Waals surface area contributed by atoms with E-state index in [1.165, 1.54) is 41.8 Å². The average Bonchev–Trinajstić information content (AvgIpc) is 1.14. The van der Waals surface area contributed by atoms with Crippen LogP contribution in [0.4, 0.5) is 16.4 Å². The van der Waals surface area contributed by atoms with Crippen molar-refractivity contribution in [1.82, 2.24) is 56.8 Å². The van der Waals surface area contributed by atoms with E-state index in [-0.39, 0.29) is 104 Å². The highest BCUT2D eigenvalue weighted by Crippen LogP contribution is 2.33. The molecule has 19 N–H and O–H groups in total. The fraction of sp³-hybridized carbons (Fsp3) is 0.552. The molecular formula is C67H94N16O21S3. The third-order valence-electron chi connectivity index (χ3n) is 17.1. The van der Waals surface area contributed by atoms with Crippen LogP contribution in [-0.2, 0) is 68.7 Å². The number of aliphatic hydroxyl groups excluding tert-OH is 2. The van der Waals surface area contributed by atoms with E-state index < -0.39 is 157 Å². The number of cyclic esters (lactones) is 1. The summed E-state index contributed by atoms with van der Waals surface area (Å²) < 4.78 is 16.5. The predicted octanol–water partition coefficient (Wildman–Crippen LogP) is 1.23. The Hall–Kier alpha value is -9.90. The number of carbonyl (C=O) groups excluding carboxylic acids is 9. The number of hydrogen-bond acceptors (Lipinski definition) is 29. The Kier molecular flexibility index (Phi) is 35.8. The van der Waals surface area contributed by atoms with Crippen LogP contribution >= 0.6 is 32.9 Å². The van der Waals surface area contributed by atoms with E-state index in [1.54, 1.807) is 20.8 Å². The van der Waals surface area contributed by atoms with Gasteiger partial charge in [-0.1, -0.05) is 55.7 Å². The number of nitrogen functional groups attached to an aromatic ring is 1. The number of rotatable bonds is 37. The lowest BCUT2D eigenvalue weighted by Crippen LogP contribution is -2.58. The highest BCUT2D eigenvalue weighted by molar-refractivity contribution is 8.76. The number of carboxylic acid groups (broad SMARTS) is 3. The predicted molar refractivity (Wildman–Crippen MR) is 394 cm³/mol. The summed E-state index contributed by atoms with van der Waals surface area (Å²) in [4.78, 5) is 191. The summed E-state index contributed by atoms with van der Waals surface area (Å²) in [6.45, 7) is 10.2. The molecule has 3 aromatic heterocycles. The van der Waals surface area contributed by atoms with Gasteiger partial charge in [-0.2, -0.15) is 4.98 Å². The Labute approximate surface area is 626 Å². The van der Waals surface area contributed by atoms with Gasteiger partial charge in [-0.25, -0.2) is 24.5 Å². The molecule has 1 aromatic carbocycles. The van der Waals surface area contributed by atoms with Crippen LogP contribution in [-0.4, -0.2) is 220 Å². The molecule has 11 atom stereocenters. The summed E-state index contributed by atoms with van der Waals surface area (Å²) in [6.07, 6.45) is -2.05. The topological polar surface area (TPSA) is 593 Å². The molecule has 4 aromatic rings. The molecule has 0 bridgehead atoms. The zero-order valence-electron chi connectivity index (χ0n) is 59.9. The smallest absolute Gasteiger partial charge is 0.481 e. The summed E-state index contributed by atoms with van der Waals surface area (Å²) in [5.41, 5.74) is 16.8. The number of nitrogens with zero attached hydrogens (tertiary/aromatic N) is 5. The second kappa shape index (κ2) is 43.7. The van der Waals surface area contributed by atoms with Crippen molar-refractivity contribution < 1.29 is 97.3 Å². The standard InChI is InChI=1S/C67H94N16O21S3/c1-34-9-7-10-39(16-18-48(35(2)25-41-32-105-37(4)75-41)104-53(91)28-49(85)67(5,6)56(93)36(3)55(34)92)71-21-22-102-66(101)103-23-24-106-107-33-43(31-84)77-60(96)47(27-52(89)90)81-59(95)44(11-8-20-72-64(68)69)79-61(97)46(26-51(87)88)78-50(86)19-17-45(63(99)100)80-58(94)38-12-14-40(15-13-38)73-29-42-30-74-57-54(76-42)62(98)83-65(70)82-57/h12-15,25,30-32,34,36,39,43-49,55,71,73,85,92H,7-11,16-24,26-29,33H2,1-6H3,(H,77,96)(H,78,86)(H,79,97)(H,80,94)(H,81,95)(H,87,88)(H,89,90)(H,99,100)(H4,68,69,72)(H3,70,74,82,83,98)/b35-25+/t34?,36?,39-,43?,44?,45+,46+,47+,48+,49+,55+/m1/s1. The number of fused-ring (bicyclic) bond motifs is 1. The Morgan fingerprint density at radius 1 is 0.832 bits per heavy atom. The van der Waals surface area contributed by atoms with Crippen molar-refractivity contribution >= 4 is 139 Å². The quantitative estimate of drug-likeness (QED) is 0.00754. The molecule has 0 spiro atoms. The normalized spacial score (nSPS) is 19.3. The van der Waals surface area contributed by atoms with Crippen molar-refractivity contribution in [3.05, 3.63) is 73.7 Å². The number of guanidine groups is 1. The number of aryl methyl sites for hydroxylation is 1. The summed E-state index contributed by atoms with van der Waals surface area (Å²) in [5, 5.41) is 72.5. The number of aliphatic imine (C=N–C) groups is 1. The molecule has 0 saturated carbocycles. The third-order valence-corrected chi connectivity index (χ3v) is 20.3. The van der Waals surface area contributed by atoms with Gasteiger partial charge in [-0.3, -0.25) is 57.9 Å². The van der Waals surface area contributed by atoms with E-state index in [4.69, 9.17) is 31.4 Å². The van der Waals surface area contributed by atoms with E-state index in [9.17, 15) is 87.9 Å². The minimum atomic E-state index is -1.92. The van der Waals surface area contributed by atoms with Crippen molar-refractivity contribution in [1.29, 1.82) is 0 Å². The first kappa shape index (κ1) is 87.7. The summed E-state index contributed by atoms with van der Waals surface area (Å²) >= 11 is 1.46. The number of carbonyl (C=O) groups is 12. The first-order chi connectivity index (χ1) is 50.6. The van der Waals surface area contributed by atoms with Crippen molar-refractivity contribution in [3.63, 3.8) is 0 Å². The summed E-state index contributed by atoms with van der Waals surface area (Å²) in [5.74, 6) is -12.8. The van der Waals surface area contributed by atoms with Crippen molar-refractivity contribution in [2.75, 3.05) is 48.9 Å². The fourth-order valence-corrected chi connectivity index (χ4v) is 13.5. The van der Waals surface area contributed by atoms with E-state index in [0.717, 1.165) is 26.6 Å². The van der Waals surface area contributed by atoms with Gasteiger partial charge in [-0.05, 0) is 101 Å². The fourth-order valence-electron chi connectivity index (χ4n) is 11.0. The van der Waals surface area contributed by atoms with Crippen LogP contribution in [0.15, 0.2) is 51.2 Å². The zero-order chi connectivity index (χ0) is 79.1. The molecular weight excluding hydrogens is 1460 g/mol. The van der Waals surface area contributed by atoms with Gasteiger partial charge in [0.15, 0.2) is 17.1 Å². The largest absolute Gasteiger partial charge is 0.508 e. The average molecular weight is 1560 g/mol. The Morgan fingerprint density at radius 3 is 2.15 bits per heavy atom. The van der Waals surface area contributed by atoms with Gasteiger partial charge in [0.1, 0.15) is 55.6 Å². The molecule has 4 unspecified atom stereocenters. The van der Waals surface area contributed by atoms with Gasteiger partial charge < -0.3 is 99.0 Å². The Morgan fingerprint density at radius 2 is 1.50 bits per heavy atom. The molecule has 1 fully saturated rings. The number of ether oxygens (including phenoxy) is 3. The van der Waals surface area contributed by atoms with Crippen molar-refractivity contribution in [2.24, 2.45) is 33.7 Å². The third kappa shape index (κ3) is 30.1. The highest BCUT2D eigenvalue weighted by atomic mass is 33.1. The molecule has 586 valence electrons. The van der Waals surface area contributed by atoms with E-state index >= 15 is 0 Å². The highest BCUT2D eigenvalue weighted by Gasteiger charge is 2.43. The van der Waals surface area contributed by atoms with Gasteiger partial charge in [0.05, 0.1) is 72.1 Å². The number of aldehydes is 1. The zero-order valence-corrected chi connectivity index (χ0v) is 62.3. The minimum absolute atomic E-state index is 0.0104. The number of Topliss-reactive ketones (excluding diaryl/α,β-unsaturated/α-hetero) is 1. The lowest BCUT2D eigenvalue weighted by atomic mass is 9.73. The van der Waals surface area contributed by atoms with Crippen LogP contribution in [0.1, 0.15) is 138 Å². The number of nitrogens with two attached hydrogens (primary N) is 3. The number of ketones is 1. The number of aliphatic hydroxyl groups is 2. The SMILES string of the molecule is C/C(=C\c1csc(C)n1)[C@@H]1CC[C@H](NCCOC(=O)OCCSSCC(C=O)NC(=O)[C@H](CC(=O)O)NC(=O)C(CCCN=C(N)N)NC(=O)[C@H](CC(=O)O)NC(=O)CC[C@H](NC(=O)c2ccc(NCc3cnc4nc(N)[nH]c(=O)c4n3)cc2)C(=O)O)CCCC(C)[C@H](O)C(C)C(=O)C(C)(C)[C@@H](O)CC(=O)O1. The number of aliphatic carboxylic acids is 3. The number of esters is 1. The minimum Gasteiger partial charge on any atom is -0.481 e. The van der Waals surface area contributed by atoms with Gasteiger partial charge in [-0.15, -0.1) is 11.3 Å². The molecule has 1 saturated heterocycles. The van der Waals surface area contributed by atoms with Gasteiger partial charge >= 0.3 is 30.0 Å². The molecule has 107 heavy (non-hydrogen) atoms. The molecule has 4 heterocycles. The van der Waals surface area contributed by atoms with Crippen molar-refractivity contribution in [3.8, 4) is 0 Å². The number of amides is 5. The second-order valence-corrected chi connectivity index (χ2v) is 29.6. The van der Waals surface area contributed by atoms with E-state index in [1.807, 2.05) is 32.2 Å². The molecule has 5 amide bonds. The van der Waals surface area contributed by atoms with E-state index in [0.29, 0.717) is 61.0 Å². The number of thiazole rings is 1. The van der Waals surface area contributed by atoms with E-state index in [2.05, 4.69) is 67.1 Å². The number of aromatic nitrogens is 5. The lowest BCUT2D eigenvalue weighted by Gasteiger charge is -2.34. The van der Waals surface area contributed by atoms with Gasteiger partial charge in [0.2, 0.25) is 29.6 Å². The number of carboxylic acids is 3. The Balaban J connectivity index is 1.10. The van der Waals surface area contributed by atoms with Crippen LogP contribution in [0.5, 0.6) is 0 Å². The maximum absolute atomic E-state index is 13.9. The first-order valence-electron chi connectivity index (χ1n) is 34.2. The lowest BCUT2D eigenvalue weighted by molar-refractivity contribution is -0.155. The first-order valence-corrected chi connectivity index (χ1v) is 37.5. The molecule has 1 aliphatic heterocycles. The molecule has 5 rings (SSSR count). The van der Waals surface area contributed by atoms with Crippen LogP contribution in [0.25, 0.3) is 17.2 Å². The van der Waals surface area contributed by atoms with Gasteiger partial charge in [0.25, 0.3) is 11.5 Å². The summed E-state index contributed by atoms with van der Waals surface area (Å²) in [7, 11) is 2.20. The molecule has 0 radical (unpaired) electrons. The maximum atomic E-state index is 13.9. The van der Waals surface area contributed by atoms with Crippen LogP contribution in [0, 0.1) is 24.2 Å². The molecule has 40 heteroatoms. The number of anilines is 2. The van der Waals surface area contributed by atoms with Crippen LogP contribution in [0.3, 0.4) is 0 Å². The maximum Gasteiger partial charge on any atom is 0.508 e. The summed E-state index contributed by atoms with van der Waals surface area (Å²) in [6, 6.07) is -2.90. The monoisotopic (exact) mass is 1550 g/mol. The van der Waals surface area contributed by atoms with Crippen molar-refractivity contribution in [2.45, 2.75) is 180 Å². The second-order valence-electron chi connectivity index (χ2n) is 25.9. The number of benzene rings is 1. The van der Waals surface area contributed by atoms with Crippen LogP contribution in [0.2, 0.25) is 0 Å². The number of nitrogens with one attached hydrogen (secondary N) is 8. The number of hydrogen-bond donors (Lipinski definition) is 16. The Bertz CT molecular complexity index is 3880. The molecule has 1 aliphatic rings. The van der Waals surface area contributed by atoms with Crippen LogP contribution < -0.4 is 60.0 Å². The van der Waals surface area contributed by atoms with Gasteiger partial charge in [0, 0.05) is 59.6 Å². The number of aromatic amines is 1. The molecule has 37 nitrogen and oxygen atoms in total. The molecule has 0 aliphatic carbocycles.